The van der Waals surface area contributed by atoms with E-state index in [2.05, 4.69) is 28.2 Å². The van der Waals surface area contributed by atoms with Crippen molar-refractivity contribution in [2.24, 2.45) is 0 Å². The summed E-state index contributed by atoms with van der Waals surface area (Å²) in [7, 11) is 0. The van der Waals surface area contributed by atoms with Crippen molar-refractivity contribution in [3.8, 4) is 0 Å². The predicted molar refractivity (Wildman–Crippen MR) is 65.4 cm³/mol. The van der Waals surface area contributed by atoms with Crippen LogP contribution < -0.4 is 5.32 Å². The Balaban J connectivity index is 2.61. The Morgan fingerprint density at radius 1 is 1.47 bits per heavy atom. The van der Waals surface area contributed by atoms with Gasteiger partial charge in [0.05, 0.1) is 0 Å². The molecular formula is C12H17BrFN. The Hall–Kier alpha value is -0.410. The summed E-state index contributed by atoms with van der Waals surface area (Å²) in [5.74, 6) is -0.152. The molecule has 1 aromatic carbocycles. The van der Waals surface area contributed by atoms with Crippen molar-refractivity contribution >= 4 is 15.9 Å². The van der Waals surface area contributed by atoms with E-state index in [0.717, 1.165) is 29.4 Å². The van der Waals surface area contributed by atoms with Crippen molar-refractivity contribution in [3.05, 3.63) is 34.1 Å². The second-order valence-electron chi connectivity index (χ2n) is 3.70. The number of halogens is 2. The molecule has 15 heavy (non-hydrogen) atoms. The zero-order valence-corrected chi connectivity index (χ0v) is 10.8. The van der Waals surface area contributed by atoms with Crippen LogP contribution in [0, 0.1) is 5.82 Å². The van der Waals surface area contributed by atoms with E-state index in [4.69, 9.17) is 0 Å². The monoisotopic (exact) mass is 273 g/mol. The fourth-order valence-electron chi connectivity index (χ4n) is 1.46. The predicted octanol–water partition coefficient (Wildman–Crippen LogP) is 4.04. The summed E-state index contributed by atoms with van der Waals surface area (Å²) < 4.78 is 14.3. The maximum Gasteiger partial charge on any atom is 0.129 e. The van der Waals surface area contributed by atoms with Crippen LogP contribution in [-0.2, 0) is 0 Å². The average molecular weight is 274 g/mol. The molecule has 0 aromatic heterocycles. The normalized spacial score (nSPS) is 12.8. The molecule has 1 aromatic rings. The van der Waals surface area contributed by atoms with Crippen LogP contribution in [0.5, 0.6) is 0 Å². The average Bonchev–Trinajstić information content (AvgIpc) is 2.17. The highest BCUT2D eigenvalue weighted by molar-refractivity contribution is 9.10. The molecule has 1 rings (SSSR count). The van der Waals surface area contributed by atoms with Gasteiger partial charge in [-0.05, 0) is 32.0 Å². The fourth-order valence-corrected chi connectivity index (χ4v) is 1.79. The molecule has 0 amide bonds. The molecule has 0 fully saturated rings. The first-order valence-corrected chi connectivity index (χ1v) is 6.12. The van der Waals surface area contributed by atoms with Crippen LogP contribution in [0.2, 0.25) is 0 Å². The first-order chi connectivity index (χ1) is 7.15. The Morgan fingerprint density at radius 2 is 2.20 bits per heavy atom. The lowest BCUT2D eigenvalue weighted by molar-refractivity contribution is 0.519. The molecule has 0 aliphatic carbocycles. The summed E-state index contributed by atoms with van der Waals surface area (Å²) in [6, 6.07) is 5.27. The molecule has 0 aliphatic heterocycles. The Kier molecular flexibility index (Phi) is 5.26. The van der Waals surface area contributed by atoms with E-state index in [9.17, 15) is 4.39 Å². The smallest absolute Gasteiger partial charge is 0.129 e. The molecule has 1 unspecified atom stereocenters. The quantitative estimate of drug-likeness (QED) is 0.799. The van der Waals surface area contributed by atoms with Gasteiger partial charge in [-0.2, -0.15) is 0 Å². The molecule has 0 saturated heterocycles. The lowest BCUT2D eigenvalue weighted by Gasteiger charge is -2.14. The van der Waals surface area contributed by atoms with Crippen LogP contribution in [0.4, 0.5) is 4.39 Å². The molecule has 1 N–H and O–H groups in total. The number of rotatable bonds is 5. The Morgan fingerprint density at radius 3 is 2.80 bits per heavy atom. The van der Waals surface area contributed by atoms with Gasteiger partial charge >= 0.3 is 0 Å². The van der Waals surface area contributed by atoms with Crippen LogP contribution >= 0.6 is 15.9 Å². The van der Waals surface area contributed by atoms with E-state index in [1.165, 1.54) is 6.07 Å². The number of unbranched alkanes of at least 4 members (excludes halogenated alkanes) is 1. The maximum atomic E-state index is 13.5. The second-order valence-corrected chi connectivity index (χ2v) is 4.61. The SMILES string of the molecule is CCCCNC(C)c1ccc(Br)cc1F. The van der Waals surface area contributed by atoms with Gasteiger partial charge < -0.3 is 5.32 Å². The number of hydrogen-bond acceptors (Lipinski definition) is 1. The third-order valence-electron chi connectivity index (χ3n) is 2.41. The highest BCUT2D eigenvalue weighted by atomic mass is 79.9. The first-order valence-electron chi connectivity index (χ1n) is 5.33. The summed E-state index contributed by atoms with van der Waals surface area (Å²) in [5, 5.41) is 3.30. The van der Waals surface area contributed by atoms with E-state index in [-0.39, 0.29) is 11.9 Å². The molecule has 0 radical (unpaired) electrons. The molecule has 0 saturated carbocycles. The van der Waals surface area contributed by atoms with E-state index in [1.807, 2.05) is 19.1 Å². The summed E-state index contributed by atoms with van der Waals surface area (Å²) in [6.45, 7) is 5.07. The number of benzene rings is 1. The molecule has 0 spiro atoms. The highest BCUT2D eigenvalue weighted by Gasteiger charge is 2.09. The van der Waals surface area contributed by atoms with Gasteiger partial charge in [0, 0.05) is 16.1 Å². The third kappa shape index (κ3) is 3.92. The number of hydrogen-bond donors (Lipinski definition) is 1. The van der Waals surface area contributed by atoms with Crippen LogP contribution in [0.15, 0.2) is 22.7 Å². The van der Waals surface area contributed by atoms with Gasteiger partial charge in [0.15, 0.2) is 0 Å². The first kappa shape index (κ1) is 12.7. The largest absolute Gasteiger partial charge is 0.310 e. The molecule has 1 nitrogen and oxygen atoms in total. The lowest BCUT2D eigenvalue weighted by Crippen LogP contribution is -2.20. The molecule has 0 bridgehead atoms. The van der Waals surface area contributed by atoms with Gasteiger partial charge in [-0.1, -0.05) is 35.3 Å². The summed E-state index contributed by atoms with van der Waals surface area (Å²) in [4.78, 5) is 0. The summed E-state index contributed by atoms with van der Waals surface area (Å²) in [5.41, 5.74) is 0.731. The minimum absolute atomic E-state index is 0.0737. The van der Waals surface area contributed by atoms with E-state index in [1.54, 1.807) is 0 Å². The fraction of sp³-hybridized carbons (Fsp3) is 0.500. The summed E-state index contributed by atoms with van der Waals surface area (Å²) in [6.07, 6.45) is 2.28. The van der Waals surface area contributed by atoms with Gasteiger partial charge in [0.25, 0.3) is 0 Å². The third-order valence-corrected chi connectivity index (χ3v) is 2.90. The molecular weight excluding hydrogens is 257 g/mol. The van der Waals surface area contributed by atoms with Crippen molar-refractivity contribution in [1.82, 2.24) is 5.32 Å². The molecule has 84 valence electrons. The van der Waals surface area contributed by atoms with Crippen LogP contribution in [0.3, 0.4) is 0 Å². The zero-order chi connectivity index (χ0) is 11.3. The van der Waals surface area contributed by atoms with Gasteiger partial charge in [-0.15, -0.1) is 0 Å². The van der Waals surface area contributed by atoms with Crippen molar-refractivity contribution in [2.45, 2.75) is 32.7 Å². The minimum Gasteiger partial charge on any atom is -0.310 e. The summed E-state index contributed by atoms with van der Waals surface area (Å²) >= 11 is 3.25. The Labute approximate surface area is 99.2 Å². The van der Waals surface area contributed by atoms with Crippen molar-refractivity contribution in [3.63, 3.8) is 0 Å². The molecule has 0 heterocycles. The maximum absolute atomic E-state index is 13.5. The Bertz CT molecular complexity index is 314. The second kappa shape index (κ2) is 6.23. The van der Waals surface area contributed by atoms with Crippen molar-refractivity contribution < 1.29 is 4.39 Å². The van der Waals surface area contributed by atoms with Crippen molar-refractivity contribution in [2.75, 3.05) is 6.54 Å². The zero-order valence-electron chi connectivity index (χ0n) is 9.19. The number of nitrogens with one attached hydrogen (secondary N) is 1. The van der Waals surface area contributed by atoms with E-state index >= 15 is 0 Å². The van der Waals surface area contributed by atoms with Crippen LogP contribution in [0.25, 0.3) is 0 Å². The molecule has 3 heteroatoms. The van der Waals surface area contributed by atoms with Gasteiger partial charge in [0.2, 0.25) is 0 Å². The molecule has 1 atom stereocenters. The standard InChI is InChI=1S/C12H17BrFN/c1-3-4-7-15-9(2)11-6-5-10(13)8-12(11)14/h5-6,8-9,15H,3-4,7H2,1-2H3. The molecule has 0 aliphatic rings. The van der Waals surface area contributed by atoms with Crippen LogP contribution in [-0.4, -0.2) is 6.54 Å². The van der Waals surface area contributed by atoms with Gasteiger partial charge in [0.1, 0.15) is 5.82 Å². The lowest BCUT2D eigenvalue weighted by atomic mass is 10.1. The van der Waals surface area contributed by atoms with E-state index < -0.39 is 0 Å². The van der Waals surface area contributed by atoms with E-state index in [0.29, 0.717) is 0 Å². The van der Waals surface area contributed by atoms with Crippen molar-refractivity contribution in [1.29, 1.82) is 0 Å². The van der Waals surface area contributed by atoms with Crippen LogP contribution in [0.1, 0.15) is 38.3 Å². The van der Waals surface area contributed by atoms with Gasteiger partial charge in [-0.3, -0.25) is 0 Å². The topological polar surface area (TPSA) is 12.0 Å². The minimum atomic E-state index is -0.152. The van der Waals surface area contributed by atoms with Gasteiger partial charge in [-0.25, -0.2) is 4.39 Å². The highest BCUT2D eigenvalue weighted by Crippen LogP contribution is 2.20.